The Bertz CT molecular complexity index is 592. The van der Waals surface area contributed by atoms with Gasteiger partial charge in [-0.2, -0.15) is 5.26 Å². The topological polar surface area (TPSA) is 30.3 Å². The number of nitriles is 1. The van der Waals surface area contributed by atoms with E-state index in [0.717, 1.165) is 13.1 Å². The molecule has 0 atom stereocenters. The summed E-state index contributed by atoms with van der Waals surface area (Å²) in [4.78, 5) is 4.14. The van der Waals surface area contributed by atoms with Crippen LogP contribution in [0.3, 0.4) is 0 Å². The Labute approximate surface area is 125 Å². The van der Waals surface area contributed by atoms with Gasteiger partial charge < -0.3 is 9.80 Å². The minimum Gasteiger partial charge on any atom is -0.340 e. The molecule has 3 nitrogen and oxygen atoms in total. The Balaban J connectivity index is 1.69. The molecular weight excluding hydrogens is 258 g/mol. The highest BCUT2D eigenvalue weighted by atomic mass is 15.4. The molecule has 0 fully saturated rings. The van der Waals surface area contributed by atoms with Crippen molar-refractivity contribution in [2.75, 3.05) is 0 Å². The van der Waals surface area contributed by atoms with Gasteiger partial charge >= 0.3 is 0 Å². The summed E-state index contributed by atoms with van der Waals surface area (Å²) < 4.78 is 0. The second-order valence-electron chi connectivity index (χ2n) is 5.12. The first-order valence-corrected chi connectivity index (χ1v) is 7.04. The summed E-state index contributed by atoms with van der Waals surface area (Å²) in [6, 6.07) is 22.9. The van der Waals surface area contributed by atoms with Gasteiger partial charge in [0.05, 0.1) is 0 Å². The lowest BCUT2D eigenvalue weighted by molar-refractivity contribution is 0.191. The fourth-order valence-corrected chi connectivity index (χ4v) is 2.54. The maximum atomic E-state index is 9.49. The summed E-state index contributed by atoms with van der Waals surface area (Å²) in [6.07, 6.45) is 3.76. The number of benzene rings is 2. The molecule has 0 aliphatic carbocycles. The minimum absolute atomic E-state index is 0.245. The average molecular weight is 275 g/mol. The van der Waals surface area contributed by atoms with Gasteiger partial charge in [-0.25, -0.2) is 0 Å². The van der Waals surface area contributed by atoms with Crippen molar-refractivity contribution in [3.05, 3.63) is 84.2 Å². The van der Waals surface area contributed by atoms with E-state index in [1.165, 1.54) is 11.1 Å². The van der Waals surface area contributed by atoms with Crippen LogP contribution in [0.25, 0.3) is 0 Å². The molecular formula is C18H17N3. The molecule has 3 rings (SSSR count). The van der Waals surface area contributed by atoms with Crippen LogP contribution in [0.15, 0.2) is 73.1 Å². The Morgan fingerprint density at radius 3 is 1.57 bits per heavy atom. The lowest BCUT2D eigenvalue weighted by Gasteiger charge is -2.27. The van der Waals surface area contributed by atoms with Crippen molar-refractivity contribution in [2.24, 2.45) is 0 Å². The SMILES string of the molecule is N#CC1N(Cc2ccccc2)C=CN1Cc1ccccc1. The second-order valence-corrected chi connectivity index (χ2v) is 5.12. The van der Waals surface area contributed by atoms with Crippen molar-refractivity contribution >= 4 is 0 Å². The average Bonchev–Trinajstić information content (AvgIpc) is 2.91. The fourth-order valence-electron chi connectivity index (χ4n) is 2.54. The molecule has 1 aliphatic rings. The number of nitrogens with zero attached hydrogens (tertiary/aromatic N) is 3. The zero-order valence-electron chi connectivity index (χ0n) is 11.8. The third-order valence-electron chi connectivity index (χ3n) is 3.61. The smallest absolute Gasteiger partial charge is 0.192 e. The summed E-state index contributed by atoms with van der Waals surface area (Å²) in [6.45, 7) is 1.50. The summed E-state index contributed by atoms with van der Waals surface area (Å²) in [5.74, 6) is 0. The molecule has 0 radical (unpaired) electrons. The molecule has 0 saturated carbocycles. The molecule has 0 bridgehead atoms. The van der Waals surface area contributed by atoms with Crippen LogP contribution < -0.4 is 0 Å². The van der Waals surface area contributed by atoms with Crippen molar-refractivity contribution in [2.45, 2.75) is 19.3 Å². The van der Waals surface area contributed by atoms with Crippen LogP contribution in [0.4, 0.5) is 0 Å². The summed E-state index contributed by atoms with van der Waals surface area (Å²) in [5, 5.41) is 9.49. The molecule has 2 aromatic rings. The predicted octanol–water partition coefficient (Wildman–Crippen LogP) is 3.33. The Morgan fingerprint density at radius 2 is 1.19 bits per heavy atom. The highest BCUT2D eigenvalue weighted by Gasteiger charge is 2.25. The molecule has 2 aromatic carbocycles. The molecule has 21 heavy (non-hydrogen) atoms. The van der Waals surface area contributed by atoms with Gasteiger partial charge in [0.25, 0.3) is 0 Å². The Morgan fingerprint density at radius 1 is 0.762 bits per heavy atom. The number of hydrogen-bond donors (Lipinski definition) is 0. The van der Waals surface area contributed by atoms with Crippen LogP contribution in [0.5, 0.6) is 0 Å². The van der Waals surface area contributed by atoms with E-state index in [-0.39, 0.29) is 6.17 Å². The molecule has 0 amide bonds. The highest BCUT2D eigenvalue weighted by Crippen LogP contribution is 2.20. The van der Waals surface area contributed by atoms with Gasteiger partial charge in [0.2, 0.25) is 0 Å². The third kappa shape index (κ3) is 3.06. The Hall–Kier alpha value is -2.73. The molecule has 3 heteroatoms. The van der Waals surface area contributed by atoms with Crippen molar-refractivity contribution in [1.29, 1.82) is 5.26 Å². The van der Waals surface area contributed by atoms with E-state index in [1.807, 2.05) is 48.8 Å². The van der Waals surface area contributed by atoms with Gasteiger partial charge in [-0.1, -0.05) is 60.7 Å². The second kappa shape index (κ2) is 6.15. The van der Waals surface area contributed by atoms with Gasteiger partial charge in [-0.15, -0.1) is 0 Å². The van der Waals surface area contributed by atoms with Gasteiger partial charge in [0.15, 0.2) is 6.17 Å². The fraction of sp³-hybridized carbons (Fsp3) is 0.167. The quantitative estimate of drug-likeness (QED) is 0.857. The molecule has 0 spiro atoms. The van der Waals surface area contributed by atoms with Crippen LogP contribution in [-0.4, -0.2) is 16.0 Å². The van der Waals surface area contributed by atoms with Crippen LogP contribution in [0.1, 0.15) is 11.1 Å². The molecule has 0 saturated heterocycles. The number of hydrogen-bond acceptors (Lipinski definition) is 3. The van der Waals surface area contributed by atoms with E-state index in [2.05, 4.69) is 40.1 Å². The van der Waals surface area contributed by atoms with E-state index < -0.39 is 0 Å². The molecule has 104 valence electrons. The first-order valence-electron chi connectivity index (χ1n) is 7.04. The van der Waals surface area contributed by atoms with Gasteiger partial charge in [0.1, 0.15) is 6.07 Å². The summed E-state index contributed by atoms with van der Waals surface area (Å²) in [7, 11) is 0. The Kier molecular flexibility index (Phi) is 3.88. The molecule has 0 aromatic heterocycles. The monoisotopic (exact) mass is 275 g/mol. The predicted molar refractivity (Wildman–Crippen MR) is 82.5 cm³/mol. The maximum Gasteiger partial charge on any atom is 0.192 e. The normalized spacial score (nSPS) is 14.4. The largest absolute Gasteiger partial charge is 0.340 e. The van der Waals surface area contributed by atoms with E-state index >= 15 is 0 Å². The zero-order chi connectivity index (χ0) is 14.5. The van der Waals surface area contributed by atoms with E-state index in [0.29, 0.717) is 0 Å². The molecule has 1 aliphatic heterocycles. The number of rotatable bonds is 4. The van der Waals surface area contributed by atoms with Crippen LogP contribution in [-0.2, 0) is 13.1 Å². The summed E-state index contributed by atoms with van der Waals surface area (Å²) >= 11 is 0. The lowest BCUT2D eigenvalue weighted by Crippen LogP contribution is -2.36. The zero-order valence-corrected chi connectivity index (χ0v) is 11.8. The van der Waals surface area contributed by atoms with Gasteiger partial charge in [-0.05, 0) is 11.1 Å². The van der Waals surface area contributed by atoms with E-state index in [9.17, 15) is 5.26 Å². The summed E-state index contributed by atoms with van der Waals surface area (Å²) in [5.41, 5.74) is 2.42. The highest BCUT2D eigenvalue weighted by molar-refractivity contribution is 5.19. The van der Waals surface area contributed by atoms with Crippen LogP contribution in [0, 0.1) is 11.3 Å². The van der Waals surface area contributed by atoms with E-state index in [4.69, 9.17) is 0 Å². The van der Waals surface area contributed by atoms with Gasteiger partial charge in [0, 0.05) is 25.5 Å². The molecule has 1 heterocycles. The molecule has 0 N–H and O–H groups in total. The maximum absolute atomic E-state index is 9.49. The standard InChI is InChI=1S/C18H17N3/c19-13-18-20(14-16-7-3-1-4-8-16)11-12-21(18)15-17-9-5-2-6-10-17/h1-12,18H,14-15H2. The first-order chi connectivity index (χ1) is 10.4. The van der Waals surface area contributed by atoms with E-state index in [1.54, 1.807) is 0 Å². The minimum atomic E-state index is -0.245. The molecule has 0 unspecified atom stereocenters. The van der Waals surface area contributed by atoms with Crippen molar-refractivity contribution in [3.8, 4) is 6.07 Å². The van der Waals surface area contributed by atoms with Crippen LogP contribution in [0.2, 0.25) is 0 Å². The third-order valence-corrected chi connectivity index (χ3v) is 3.61. The lowest BCUT2D eigenvalue weighted by atomic mass is 10.2. The van der Waals surface area contributed by atoms with Crippen molar-refractivity contribution < 1.29 is 0 Å². The van der Waals surface area contributed by atoms with Crippen molar-refractivity contribution in [3.63, 3.8) is 0 Å². The first kappa shape index (κ1) is 13.3. The van der Waals surface area contributed by atoms with Crippen molar-refractivity contribution in [1.82, 2.24) is 9.80 Å². The van der Waals surface area contributed by atoms with Gasteiger partial charge in [-0.3, -0.25) is 0 Å². The van der Waals surface area contributed by atoms with Crippen LogP contribution >= 0.6 is 0 Å².